The Bertz CT molecular complexity index is 470. The highest BCUT2D eigenvalue weighted by Crippen LogP contribution is 2.35. The number of benzene rings is 1. The van der Waals surface area contributed by atoms with Crippen LogP contribution in [0.25, 0.3) is 10.9 Å². The number of pyridine rings is 1. The number of fused-ring (bicyclic) bond motifs is 1. The minimum absolute atomic E-state index is 0.580. The number of rotatable bonds is 0. The van der Waals surface area contributed by atoms with Gasteiger partial charge in [-0.1, -0.05) is 23.2 Å². The van der Waals surface area contributed by atoms with Crippen molar-refractivity contribution in [2.75, 3.05) is 0 Å². The summed E-state index contributed by atoms with van der Waals surface area (Å²) in [5, 5.41) is 2.09. The molecule has 1 heterocycles. The first-order valence-electron chi connectivity index (χ1n) is 3.58. The molecule has 0 saturated heterocycles. The van der Waals surface area contributed by atoms with Crippen LogP contribution in [0.3, 0.4) is 0 Å². The van der Waals surface area contributed by atoms with Gasteiger partial charge in [-0.25, -0.2) is 0 Å². The molecule has 0 bridgehead atoms. The SMILES string of the molecule is Clc1cc2ncccc2c(Cl)c1Br. The quantitative estimate of drug-likeness (QED) is 0.654. The molecule has 0 N–H and O–H groups in total. The second kappa shape index (κ2) is 3.45. The minimum Gasteiger partial charge on any atom is -0.256 e. The zero-order valence-corrected chi connectivity index (χ0v) is 9.49. The zero-order valence-electron chi connectivity index (χ0n) is 6.39. The molecule has 2 rings (SSSR count). The van der Waals surface area contributed by atoms with E-state index in [-0.39, 0.29) is 0 Å². The fourth-order valence-electron chi connectivity index (χ4n) is 1.12. The molecule has 0 aliphatic rings. The van der Waals surface area contributed by atoms with Gasteiger partial charge in [-0.3, -0.25) is 4.98 Å². The largest absolute Gasteiger partial charge is 0.256 e. The van der Waals surface area contributed by atoms with E-state index in [2.05, 4.69) is 20.9 Å². The predicted molar refractivity (Wildman–Crippen MR) is 59.5 cm³/mol. The van der Waals surface area contributed by atoms with E-state index in [1.165, 1.54) is 0 Å². The third kappa shape index (κ3) is 1.54. The minimum atomic E-state index is 0.580. The van der Waals surface area contributed by atoms with E-state index in [1.54, 1.807) is 12.3 Å². The molecule has 0 spiro atoms. The Kier molecular flexibility index (Phi) is 2.45. The molecule has 4 heteroatoms. The Morgan fingerprint density at radius 1 is 1.31 bits per heavy atom. The van der Waals surface area contributed by atoms with Crippen LogP contribution in [-0.4, -0.2) is 4.98 Å². The van der Waals surface area contributed by atoms with Crippen molar-refractivity contribution in [1.82, 2.24) is 4.98 Å². The second-order valence-corrected chi connectivity index (χ2v) is 4.13. The number of hydrogen-bond acceptors (Lipinski definition) is 1. The van der Waals surface area contributed by atoms with Crippen LogP contribution in [-0.2, 0) is 0 Å². The lowest BCUT2D eigenvalue weighted by molar-refractivity contribution is 1.41. The zero-order chi connectivity index (χ0) is 9.42. The van der Waals surface area contributed by atoms with Gasteiger partial charge in [0.15, 0.2) is 0 Å². The molecule has 0 unspecified atom stereocenters. The standard InChI is InChI=1S/C9H4BrCl2N/c10-8-6(11)4-7-5(9(8)12)2-1-3-13-7/h1-4H. The summed E-state index contributed by atoms with van der Waals surface area (Å²) in [6.07, 6.45) is 1.71. The number of nitrogens with zero attached hydrogens (tertiary/aromatic N) is 1. The van der Waals surface area contributed by atoms with Gasteiger partial charge in [0.25, 0.3) is 0 Å². The van der Waals surface area contributed by atoms with Crippen molar-refractivity contribution >= 4 is 50.0 Å². The van der Waals surface area contributed by atoms with Crippen LogP contribution in [0.1, 0.15) is 0 Å². The number of aromatic nitrogens is 1. The van der Waals surface area contributed by atoms with Crippen molar-refractivity contribution < 1.29 is 0 Å². The summed E-state index contributed by atoms with van der Waals surface area (Å²) in [5.74, 6) is 0. The van der Waals surface area contributed by atoms with Crippen LogP contribution in [0.5, 0.6) is 0 Å². The van der Waals surface area contributed by atoms with Crippen LogP contribution in [0.2, 0.25) is 10.0 Å². The van der Waals surface area contributed by atoms with Crippen molar-refractivity contribution in [3.8, 4) is 0 Å². The van der Waals surface area contributed by atoms with E-state index < -0.39 is 0 Å². The summed E-state index contributed by atoms with van der Waals surface area (Å²) in [4.78, 5) is 4.15. The molecule has 0 aliphatic heterocycles. The normalized spacial score (nSPS) is 10.7. The molecule has 2 aromatic rings. The molecule has 0 aliphatic carbocycles. The predicted octanol–water partition coefficient (Wildman–Crippen LogP) is 4.30. The second-order valence-electron chi connectivity index (χ2n) is 2.56. The fourth-order valence-corrected chi connectivity index (χ4v) is 1.96. The van der Waals surface area contributed by atoms with Gasteiger partial charge in [0, 0.05) is 11.6 Å². The maximum Gasteiger partial charge on any atom is 0.0732 e. The van der Waals surface area contributed by atoms with Crippen LogP contribution < -0.4 is 0 Å². The van der Waals surface area contributed by atoms with Gasteiger partial charge in [0.1, 0.15) is 0 Å². The van der Waals surface area contributed by atoms with E-state index in [0.717, 1.165) is 15.4 Å². The van der Waals surface area contributed by atoms with Crippen LogP contribution in [0.15, 0.2) is 28.9 Å². The van der Waals surface area contributed by atoms with Crippen molar-refractivity contribution in [3.63, 3.8) is 0 Å². The molecule has 1 aromatic carbocycles. The van der Waals surface area contributed by atoms with E-state index >= 15 is 0 Å². The first kappa shape index (κ1) is 9.25. The highest BCUT2D eigenvalue weighted by atomic mass is 79.9. The highest BCUT2D eigenvalue weighted by Gasteiger charge is 2.07. The van der Waals surface area contributed by atoms with E-state index in [0.29, 0.717) is 10.0 Å². The molecular weight excluding hydrogens is 273 g/mol. The Morgan fingerprint density at radius 3 is 2.85 bits per heavy atom. The van der Waals surface area contributed by atoms with E-state index in [4.69, 9.17) is 23.2 Å². The maximum atomic E-state index is 6.06. The Morgan fingerprint density at radius 2 is 2.08 bits per heavy atom. The van der Waals surface area contributed by atoms with Crippen LogP contribution >= 0.6 is 39.1 Å². The van der Waals surface area contributed by atoms with E-state index in [1.807, 2.05) is 12.1 Å². The lowest BCUT2D eigenvalue weighted by Crippen LogP contribution is -1.80. The Balaban J connectivity index is 2.94. The Labute approximate surface area is 93.8 Å². The lowest BCUT2D eigenvalue weighted by Gasteiger charge is -2.03. The average Bonchev–Trinajstić information content (AvgIpc) is 2.15. The van der Waals surface area contributed by atoms with Gasteiger partial charge >= 0.3 is 0 Å². The molecule has 1 aromatic heterocycles. The summed E-state index contributed by atoms with van der Waals surface area (Å²) in [6.45, 7) is 0. The summed E-state index contributed by atoms with van der Waals surface area (Å²) >= 11 is 15.3. The van der Waals surface area contributed by atoms with Crippen molar-refractivity contribution in [1.29, 1.82) is 0 Å². The molecule has 0 saturated carbocycles. The van der Waals surface area contributed by atoms with Gasteiger partial charge in [-0.2, -0.15) is 0 Å². The van der Waals surface area contributed by atoms with Crippen molar-refractivity contribution in [2.24, 2.45) is 0 Å². The van der Waals surface area contributed by atoms with Gasteiger partial charge in [0.2, 0.25) is 0 Å². The molecule has 0 radical (unpaired) electrons. The monoisotopic (exact) mass is 275 g/mol. The Hall–Kier alpha value is -0.310. The molecule has 0 atom stereocenters. The summed E-state index contributed by atoms with van der Waals surface area (Å²) in [6, 6.07) is 5.53. The van der Waals surface area contributed by atoms with E-state index in [9.17, 15) is 0 Å². The summed E-state index contributed by atoms with van der Waals surface area (Å²) in [5.41, 5.74) is 0.806. The first-order valence-corrected chi connectivity index (χ1v) is 5.13. The third-order valence-electron chi connectivity index (χ3n) is 1.74. The third-order valence-corrected chi connectivity index (χ3v) is 3.71. The molecular formula is C9H4BrCl2N. The van der Waals surface area contributed by atoms with Crippen LogP contribution in [0, 0.1) is 0 Å². The molecule has 13 heavy (non-hydrogen) atoms. The summed E-state index contributed by atoms with van der Waals surface area (Å²) in [7, 11) is 0. The fraction of sp³-hybridized carbons (Fsp3) is 0. The van der Waals surface area contributed by atoms with Gasteiger partial charge < -0.3 is 0 Å². The smallest absolute Gasteiger partial charge is 0.0732 e. The number of halogens is 3. The number of hydrogen-bond donors (Lipinski definition) is 0. The molecule has 0 fully saturated rings. The first-order chi connectivity index (χ1) is 6.20. The van der Waals surface area contributed by atoms with Gasteiger partial charge in [-0.15, -0.1) is 0 Å². The van der Waals surface area contributed by atoms with Crippen molar-refractivity contribution in [3.05, 3.63) is 38.9 Å². The molecule has 1 nitrogen and oxygen atoms in total. The topological polar surface area (TPSA) is 12.9 Å². The summed E-state index contributed by atoms with van der Waals surface area (Å²) < 4.78 is 0.719. The maximum absolute atomic E-state index is 6.06. The average molecular weight is 277 g/mol. The van der Waals surface area contributed by atoms with Crippen LogP contribution in [0.4, 0.5) is 0 Å². The molecule has 0 amide bonds. The molecule has 66 valence electrons. The van der Waals surface area contributed by atoms with Crippen molar-refractivity contribution in [2.45, 2.75) is 0 Å². The van der Waals surface area contributed by atoms with Gasteiger partial charge in [0.05, 0.1) is 20.0 Å². The lowest BCUT2D eigenvalue weighted by atomic mass is 10.2. The van der Waals surface area contributed by atoms with Gasteiger partial charge in [-0.05, 0) is 34.1 Å². The highest BCUT2D eigenvalue weighted by molar-refractivity contribution is 9.10.